The van der Waals surface area contributed by atoms with Crippen molar-refractivity contribution in [2.45, 2.75) is 6.92 Å². The molecular weight excluding hydrogens is 374 g/mol. The average molecular weight is 388 g/mol. The third-order valence-electron chi connectivity index (χ3n) is 3.92. The number of benzene rings is 1. The molecule has 0 aliphatic carbocycles. The van der Waals surface area contributed by atoms with Gasteiger partial charge in [0.25, 0.3) is 5.56 Å². The molecule has 2 heterocycles. The van der Waals surface area contributed by atoms with Crippen LogP contribution in [0.1, 0.15) is 16.8 Å². The Labute approximate surface area is 158 Å². The van der Waals surface area contributed by atoms with E-state index in [9.17, 15) is 20.0 Å². The van der Waals surface area contributed by atoms with Crippen molar-refractivity contribution in [2.24, 2.45) is 0 Å². The molecule has 0 saturated carbocycles. The fraction of sp³-hybridized carbons (Fsp3) is 0.111. The van der Waals surface area contributed by atoms with Crippen LogP contribution >= 0.6 is 11.6 Å². The molecule has 0 fully saturated rings. The Kier molecular flexibility index (Phi) is 4.83. The summed E-state index contributed by atoms with van der Waals surface area (Å²) in [5.41, 5.74) is 0.967. The number of hydrogen-bond donors (Lipinski definition) is 1. The molecule has 3 aromatic rings. The highest BCUT2D eigenvalue weighted by Gasteiger charge is 2.19. The van der Waals surface area contributed by atoms with E-state index in [0.29, 0.717) is 11.2 Å². The molecule has 0 saturated heterocycles. The SMILES string of the molecule is COc1cc(/C=C(\Cl)c2cc(=O)n3cccc(C)c3n2)cc([N+](=O)[O-])c1O. The number of nitro benzene ring substituents is 1. The van der Waals surface area contributed by atoms with E-state index in [4.69, 9.17) is 16.3 Å². The van der Waals surface area contributed by atoms with E-state index >= 15 is 0 Å². The van der Waals surface area contributed by atoms with E-state index in [1.54, 1.807) is 12.3 Å². The van der Waals surface area contributed by atoms with Gasteiger partial charge in [0.05, 0.1) is 22.8 Å². The molecule has 0 spiro atoms. The van der Waals surface area contributed by atoms with Crippen LogP contribution in [-0.2, 0) is 0 Å². The number of aryl methyl sites for hydroxylation is 1. The van der Waals surface area contributed by atoms with Crippen LogP contribution in [-0.4, -0.2) is 26.5 Å². The van der Waals surface area contributed by atoms with E-state index in [2.05, 4.69) is 4.98 Å². The lowest BCUT2D eigenvalue weighted by atomic mass is 10.1. The molecule has 0 bridgehead atoms. The zero-order valence-electron chi connectivity index (χ0n) is 14.3. The van der Waals surface area contributed by atoms with Gasteiger partial charge >= 0.3 is 5.69 Å². The summed E-state index contributed by atoms with van der Waals surface area (Å²) in [7, 11) is 1.28. The second kappa shape index (κ2) is 7.08. The number of fused-ring (bicyclic) bond motifs is 1. The quantitative estimate of drug-likeness (QED) is 0.543. The minimum atomic E-state index is -0.729. The number of methoxy groups -OCH3 is 1. The van der Waals surface area contributed by atoms with Gasteiger partial charge in [-0.25, -0.2) is 4.98 Å². The lowest BCUT2D eigenvalue weighted by Gasteiger charge is -2.07. The van der Waals surface area contributed by atoms with Gasteiger partial charge in [0.1, 0.15) is 5.65 Å². The van der Waals surface area contributed by atoms with Crippen LogP contribution in [0.5, 0.6) is 11.5 Å². The molecule has 0 atom stereocenters. The number of pyridine rings is 1. The molecule has 27 heavy (non-hydrogen) atoms. The Morgan fingerprint density at radius 1 is 1.41 bits per heavy atom. The van der Waals surface area contributed by atoms with Gasteiger partial charge in [0, 0.05) is 18.3 Å². The fourth-order valence-electron chi connectivity index (χ4n) is 2.60. The summed E-state index contributed by atoms with van der Waals surface area (Å²) in [4.78, 5) is 27.1. The molecule has 9 heteroatoms. The Morgan fingerprint density at radius 3 is 2.81 bits per heavy atom. The van der Waals surface area contributed by atoms with Crippen LogP contribution < -0.4 is 10.3 Å². The summed E-state index contributed by atoms with van der Waals surface area (Å²) in [6.07, 6.45) is 3.01. The van der Waals surface area contributed by atoms with Crippen LogP contribution in [0, 0.1) is 17.0 Å². The Bertz CT molecular complexity index is 1150. The monoisotopic (exact) mass is 387 g/mol. The van der Waals surface area contributed by atoms with Crippen LogP contribution in [0.25, 0.3) is 16.8 Å². The predicted molar refractivity (Wildman–Crippen MR) is 101 cm³/mol. The Hall–Kier alpha value is -3.39. The molecule has 0 unspecified atom stereocenters. The first kappa shape index (κ1) is 18.4. The van der Waals surface area contributed by atoms with Crippen molar-refractivity contribution in [2.75, 3.05) is 7.11 Å². The van der Waals surface area contributed by atoms with Crippen molar-refractivity contribution < 1.29 is 14.8 Å². The van der Waals surface area contributed by atoms with Crippen molar-refractivity contribution in [1.29, 1.82) is 0 Å². The summed E-state index contributed by atoms with van der Waals surface area (Å²) in [6.45, 7) is 1.82. The largest absolute Gasteiger partial charge is 0.500 e. The number of halogens is 1. The fourth-order valence-corrected chi connectivity index (χ4v) is 2.82. The number of aromatic hydroxyl groups is 1. The van der Waals surface area contributed by atoms with Crippen molar-refractivity contribution >= 4 is 34.0 Å². The van der Waals surface area contributed by atoms with Gasteiger partial charge in [-0.15, -0.1) is 0 Å². The Morgan fingerprint density at radius 2 is 2.15 bits per heavy atom. The topological polar surface area (TPSA) is 107 Å². The third-order valence-corrected chi connectivity index (χ3v) is 4.22. The minimum absolute atomic E-state index is 0.0673. The standard InChI is InChI=1S/C18H14ClN3O5/c1-10-4-3-5-21-16(23)9-13(20-18(10)21)12(19)6-11-7-14(22(25)26)17(24)15(8-11)27-2/h3-9,24H,1-2H3/b12-6-. The van der Waals surface area contributed by atoms with E-state index in [1.165, 1.54) is 29.7 Å². The molecule has 1 aromatic carbocycles. The van der Waals surface area contributed by atoms with E-state index in [1.807, 2.05) is 13.0 Å². The van der Waals surface area contributed by atoms with Crippen LogP contribution in [0.4, 0.5) is 5.69 Å². The van der Waals surface area contributed by atoms with Crippen LogP contribution in [0.3, 0.4) is 0 Å². The maximum absolute atomic E-state index is 12.3. The minimum Gasteiger partial charge on any atom is -0.500 e. The summed E-state index contributed by atoms with van der Waals surface area (Å²) in [5, 5.41) is 21.1. The number of rotatable bonds is 4. The summed E-state index contributed by atoms with van der Waals surface area (Å²) in [6, 6.07) is 7.38. The van der Waals surface area contributed by atoms with Gasteiger partial charge in [0.15, 0.2) is 5.75 Å². The molecular formula is C18H14ClN3O5. The second-order valence-electron chi connectivity index (χ2n) is 5.70. The summed E-state index contributed by atoms with van der Waals surface area (Å²) in [5.74, 6) is -0.643. The zero-order valence-corrected chi connectivity index (χ0v) is 15.1. The van der Waals surface area contributed by atoms with Gasteiger partial charge < -0.3 is 9.84 Å². The van der Waals surface area contributed by atoms with Crippen molar-refractivity contribution in [3.8, 4) is 11.5 Å². The third kappa shape index (κ3) is 3.47. The molecule has 2 aromatic heterocycles. The lowest BCUT2D eigenvalue weighted by molar-refractivity contribution is -0.386. The maximum atomic E-state index is 12.3. The number of hydrogen-bond acceptors (Lipinski definition) is 6. The first-order chi connectivity index (χ1) is 12.8. The first-order valence-electron chi connectivity index (χ1n) is 7.74. The van der Waals surface area contributed by atoms with Gasteiger partial charge in [-0.05, 0) is 36.3 Å². The first-order valence-corrected chi connectivity index (χ1v) is 8.11. The van der Waals surface area contributed by atoms with Gasteiger partial charge in [-0.1, -0.05) is 17.7 Å². The van der Waals surface area contributed by atoms with Gasteiger partial charge in [-0.2, -0.15) is 0 Å². The summed E-state index contributed by atoms with van der Waals surface area (Å²) >= 11 is 6.31. The van der Waals surface area contributed by atoms with Crippen LogP contribution in [0.15, 0.2) is 41.3 Å². The van der Waals surface area contributed by atoms with Gasteiger partial charge in [-0.3, -0.25) is 19.3 Å². The number of nitro groups is 1. The smallest absolute Gasteiger partial charge is 0.315 e. The Balaban J connectivity index is 2.15. The highest BCUT2D eigenvalue weighted by atomic mass is 35.5. The number of aromatic nitrogens is 2. The maximum Gasteiger partial charge on any atom is 0.315 e. The van der Waals surface area contributed by atoms with E-state index in [0.717, 1.165) is 11.6 Å². The predicted octanol–water partition coefficient (Wildman–Crippen LogP) is 3.36. The molecule has 8 nitrogen and oxygen atoms in total. The van der Waals surface area contributed by atoms with Crippen molar-refractivity contribution in [1.82, 2.24) is 9.38 Å². The molecule has 3 rings (SSSR count). The highest BCUT2D eigenvalue weighted by Crippen LogP contribution is 2.38. The van der Waals surface area contributed by atoms with E-state index < -0.39 is 16.4 Å². The average Bonchev–Trinajstić information content (AvgIpc) is 2.63. The van der Waals surface area contributed by atoms with Crippen LogP contribution in [0.2, 0.25) is 0 Å². The highest BCUT2D eigenvalue weighted by molar-refractivity contribution is 6.51. The lowest BCUT2D eigenvalue weighted by Crippen LogP contribution is -2.15. The van der Waals surface area contributed by atoms with Gasteiger partial charge in [0.2, 0.25) is 5.75 Å². The van der Waals surface area contributed by atoms with Crippen molar-refractivity contribution in [3.63, 3.8) is 0 Å². The normalized spacial score (nSPS) is 11.6. The second-order valence-corrected chi connectivity index (χ2v) is 6.11. The van der Waals surface area contributed by atoms with Crippen molar-refractivity contribution in [3.05, 3.63) is 73.8 Å². The zero-order chi connectivity index (χ0) is 19.7. The number of phenols is 1. The number of phenolic OH excluding ortho intramolecular Hbond substituents is 1. The molecule has 0 aliphatic heterocycles. The molecule has 0 radical (unpaired) electrons. The molecule has 138 valence electrons. The molecule has 0 amide bonds. The molecule has 1 N–H and O–H groups in total. The van der Waals surface area contributed by atoms with E-state index in [-0.39, 0.29) is 22.0 Å². The molecule has 0 aliphatic rings. The summed E-state index contributed by atoms with van der Waals surface area (Å²) < 4.78 is 6.36. The number of ether oxygens (including phenoxy) is 1. The number of nitrogens with zero attached hydrogens (tertiary/aromatic N) is 3.